The molecule has 0 aliphatic carbocycles. The van der Waals surface area contributed by atoms with Gasteiger partial charge in [-0.1, -0.05) is 12.1 Å². The van der Waals surface area contributed by atoms with Gasteiger partial charge in [-0.05, 0) is 82.7 Å². The third kappa shape index (κ3) is 4.31. The van der Waals surface area contributed by atoms with Crippen molar-refractivity contribution < 1.29 is 4.79 Å². The fourth-order valence-corrected chi connectivity index (χ4v) is 4.68. The molecule has 174 valence electrons. The minimum Gasteiger partial charge on any atom is -0.352 e. The predicted octanol–water partition coefficient (Wildman–Crippen LogP) is 4.10. The number of aryl methyl sites for hydroxylation is 2. The molecule has 1 aliphatic rings. The van der Waals surface area contributed by atoms with E-state index in [4.69, 9.17) is 10.1 Å². The van der Waals surface area contributed by atoms with Gasteiger partial charge in [0.25, 0.3) is 5.91 Å². The molecule has 4 aromatic rings. The van der Waals surface area contributed by atoms with Crippen molar-refractivity contribution in [2.75, 3.05) is 27.2 Å². The predicted molar refractivity (Wildman–Crippen MR) is 135 cm³/mol. The highest BCUT2D eigenvalue weighted by molar-refractivity contribution is 6.03. The molecule has 0 atom stereocenters. The Hall–Kier alpha value is -3.58. The van der Waals surface area contributed by atoms with Crippen LogP contribution in [0.25, 0.3) is 33.4 Å². The first-order valence-corrected chi connectivity index (χ1v) is 11.9. The molecule has 0 fully saturated rings. The lowest BCUT2D eigenvalue weighted by Crippen LogP contribution is -2.27. The standard InChI is InChI=1S/C27H30N6O/c1-18-7-4-8-22(30-18)26-25(24-9-5-16-33(24)31-26)21-12-14-28-23-17-19(10-11-20(21)23)27(34)29-13-6-15-32(2)3/h4,7-8,10-12,14,17H,5-6,9,13,15-16H2,1-3H3,(H,29,34). The molecule has 7 heteroatoms. The Morgan fingerprint density at radius 1 is 1.18 bits per heavy atom. The molecule has 7 nitrogen and oxygen atoms in total. The van der Waals surface area contributed by atoms with Crippen LogP contribution in [0.1, 0.15) is 34.6 Å². The van der Waals surface area contributed by atoms with E-state index >= 15 is 0 Å². The zero-order chi connectivity index (χ0) is 23.7. The third-order valence-corrected chi connectivity index (χ3v) is 6.31. The van der Waals surface area contributed by atoms with Crippen molar-refractivity contribution in [3.63, 3.8) is 0 Å². The fourth-order valence-electron chi connectivity index (χ4n) is 4.68. The molecule has 4 heterocycles. The van der Waals surface area contributed by atoms with Crippen LogP contribution in [0.2, 0.25) is 0 Å². The van der Waals surface area contributed by atoms with Crippen molar-refractivity contribution in [3.05, 3.63) is 65.6 Å². The summed E-state index contributed by atoms with van der Waals surface area (Å²) in [7, 11) is 4.07. The van der Waals surface area contributed by atoms with Gasteiger partial charge in [0.2, 0.25) is 0 Å². The molecule has 0 unspecified atom stereocenters. The van der Waals surface area contributed by atoms with Gasteiger partial charge < -0.3 is 10.2 Å². The normalized spacial score (nSPS) is 12.9. The molecule has 0 saturated heterocycles. The molecule has 0 spiro atoms. The van der Waals surface area contributed by atoms with Crippen LogP contribution in [0.3, 0.4) is 0 Å². The molecule has 34 heavy (non-hydrogen) atoms. The van der Waals surface area contributed by atoms with Crippen LogP contribution in [-0.4, -0.2) is 57.7 Å². The summed E-state index contributed by atoms with van der Waals surface area (Å²) in [6, 6.07) is 13.9. The lowest BCUT2D eigenvalue weighted by Gasteiger charge is -2.11. The van der Waals surface area contributed by atoms with Crippen molar-refractivity contribution >= 4 is 16.8 Å². The lowest BCUT2D eigenvalue weighted by atomic mass is 9.96. The summed E-state index contributed by atoms with van der Waals surface area (Å²) in [6.07, 6.45) is 4.82. The van der Waals surface area contributed by atoms with Crippen LogP contribution in [0.4, 0.5) is 0 Å². The number of fused-ring (bicyclic) bond motifs is 2. The van der Waals surface area contributed by atoms with E-state index in [1.807, 2.05) is 63.6 Å². The Labute approximate surface area is 199 Å². The number of amides is 1. The van der Waals surface area contributed by atoms with E-state index in [2.05, 4.69) is 25.9 Å². The van der Waals surface area contributed by atoms with E-state index in [0.29, 0.717) is 12.1 Å². The Balaban J connectivity index is 1.53. The number of rotatable bonds is 7. The molecule has 0 bridgehead atoms. The Kier molecular flexibility index (Phi) is 6.11. The molecular formula is C27H30N6O. The maximum Gasteiger partial charge on any atom is 0.251 e. The number of carbonyl (C=O) groups excluding carboxylic acids is 1. The third-order valence-electron chi connectivity index (χ3n) is 6.31. The summed E-state index contributed by atoms with van der Waals surface area (Å²) in [5.74, 6) is -0.0658. The van der Waals surface area contributed by atoms with E-state index in [9.17, 15) is 4.79 Å². The van der Waals surface area contributed by atoms with Gasteiger partial charge in [0.1, 0.15) is 5.69 Å². The van der Waals surface area contributed by atoms with Crippen LogP contribution in [0.15, 0.2) is 48.7 Å². The molecule has 0 radical (unpaired) electrons. The number of benzene rings is 1. The van der Waals surface area contributed by atoms with Crippen LogP contribution >= 0.6 is 0 Å². The van der Waals surface area contributed by atoms with Gasteiger partial charge in [0, 0.05) is 47.2 Å². The highest BCUT2D eigenvalue weighted by Crippen LogP contribution is 2.39. The van der Waals surface area contributed by atoms with Gasteiger partial charge in [-0.25, -0.2) is 0 Å². The first kappa shape index (κ1) is 22.2. The van der Waals surface area contributed by atoms with Crippen molar-refractivity contribution in [2.45, 2.75) is 32.7 Å². The topological polar surface area (TPSA) is 75.9 Å². The molecular weight excluding hydrogens is 424 g/mol. The summed E-state index contributed by atoms with van der Waals surface area (Å²) >= 11 is 0. The fraction of sp³-hybridized carbons (Fsp3) is 0.333. The van der Waals surface area contributed by atoms with Gasteiger partial charge in [-0.2, -0.15) is 5.10 Å². The number of nitrogens with one attached hydrogen (secondary N) is 1. The SMILES string of the molecule is Cc1cccc(-c2nn3c(c2-c2ccnc4cc(C(=O)NCCCN(C)C)ccc24)CCC3)n1. The van der Waals surface area contributed by atoms with Gasteiger partial charge in [0.15, 0.2) is 0 Å². The molecule has 3 aromatic heterocycles. The van der Waals surface area contributed by atoms with Gasteiger partial charge in [-0.3, -0.25) is 19.4 Å². The van der Waals surface area contributed by atoms with Gasteiger partial charge >= 0.3 is 0 Å². The summed E-state index contributed by atoms with van der Waals surface area (Å²) < 4.78 is 2.12. The van der Waals surface area contributed by atoms with E-state index in [0.717, 1.165) is 71.5 Å². The number of aromatic nitrogens is 4. The molecule has 0 saturated carbocycles. The number of hydrogen-bond acceptors (Lipinski definition) is 5. The first-order chi connectivity index (χ1) is 16.5. The minimum absolute atomic E-state index is 0.0658. The number of nitrogens with zero attached hydrogens (tertiary/aromatic N) is 5. The zero-order valence-corrected chi connectivity index (χ0v) is 20.0. The zero-order valence-electron chi connectivity index (χ0n) is 20.0. The highest BCUT2D eigenvalue weighted by Gasteiger charge is 2.25. The smallest absolute Gasteiger partial charge is 0.251 e. The largest absolute Gasteiger partial charge is 0.352 e. The number of pyridine rings is 2. The molecule has 1 aromatic carbocycles. The van der Waals surface area contributed by atoms with Crippen LogP contribution in [0.5, 0.6) is 0 Å². The second-order valence-corrected chi connectivity index (χ2v) is 9.16. The summed E-state index contributed by atoms with van der Waals surface area (Å²) in [6.45, 7) is 4.52. The average Bonchev–Trinajstić information content (AvgIpc) is 3.42. The first-order valence-electron chi connectivity index (χ1n) is 11.9. The van der Waals surface area contributed by atoms with Gasteiger partial charge in [-0.15, -0.1) is 0 Å². The molecule has 1 amide bonds. The summed E-state index contributed by atoms with van der Waals surface area (Å²) in [4.78, 5) is 24.2. The second-order valence-electron chi connectivity index (χ2n) is 9.16. The molecule has 5 rings (SSSR count). The minimum atomic E-state index is -0.0658. The number of hydrogen-bond donors (Lipinski definition) is 1. The Morgan fingerprint density at radius 2 is 2.06 bits per heavy atom. The van der Waals surface area contributed by atoms with E-state index in [1.54, 1.807) is 0 Å². The summed E-state index contributed by atoms with van der Waals surface area (Å²) in [5, 5.41) is 8.98. The summed E-state index contributed by atoms with van der Waals surface area (Å²) in [5.41, 5.74) is 7.66. The Bertz CT molecular complexity index is 1360. The maximum absolute atomic E-state index is 12.7. The second kappa shape index (κ2) is 9.35. The van der Waals surface area contributed by atoms with E-state index in [-0.39, 0.29) is 5.91 Å². The van der Waals surface area contributed by atoms with E-state index < -0.39 is 0 Å². The molecule has 1 aliphatic heterocycles. The van der Waals surface area contributed by atoms with Crippen LogP contribution < -0.4 is 5.32 Å². The van der Waals surface area contributed by atoms with E-state index in [1.165, 1.54) is 5.69 Å². The van der Waals surface area contributed by atoms with Crippen molar-refractivity contribution in [2.24, 2.45) is 0 Å². The lowest BCUT2D eigenvalue weighted by molar-refractivity contribution is 0.0952. The van der Waals surface area contributed by atoms with Gasteiger partial charge in [0.05, 0.1) is 11.2 Å². The highest BCUT2D eigenvalue weighted by atomic mass is 16.1. The maximum atomic E-state index is 12.7. The number of carbonyl (C=O) groups is 1. The van der Waals surface area contributed by atoms with Crippen molar-refractivity contribution in [1.29, 1.82) is 0 Å². The van der Waals surface area contributed by atoms with Crippen LogP contribution in [0, 0.1) is 6.92 Å². The van der Waals surface area contributed by atoms with Crippen molar-refractivity contribution in [1.82, 2.24) is 30.0 Å². The van der Waals surface area contributed by atoms with Crippen molar-refractivity contribution in [3.8, 4) is 22.5 Å². The van der Waals surface area contributed by atoms with Crippen LogP contribution in [-0.2, 0) is 13.0 Å². The Morgan fingerprint density at radius 3 is 2.88 bits per heavy atom. The molecule has 1 N–H and O–H groups in total. The monoisotopic (exact) mass is 454 g/mol. The quantitative estimate of drug-likeness (QED) is 0.426. The average molecular weight is 455 g/mol.